The summed E-state index contributed by atoms with van der Waals surface area (Å²) in [5.74, 6) is -1.09. The number of halogens is 2. The van der Waals surface area contributed by atoms with Gasteiger partial charge in [-0.15, -0.1) is 0 Å². The summed E-state index contributed by atoms with van der Waals surface area (Å²) in [4.78, 5) is 2.38. The van der Waals surface area contributed by atoms with Gasteiger partial charge in [0.2, 0.25) is 0 Å². The average Bonchev–Trinajstić information content (AvgIpc) is 2.61. The topological polar surface area (TPSA) is 24.5 Å². The van der Waals surface area contributed by atoms with E-state index in [2.05, 4.69) is 22.3 Å². The highest BCUT2D eigenvalue weighted by Gasteiger charge is 2.14. The van der Waals surface area contributed by atoms with Crippen LogP contribution in [0.4, 0.5) is 8.78 Å². The third kappa shape index (κ3) is 5.08. The summed E-state index contributed by atoms with van der Waals surface area (Å²) in [5, 5.41) is 3.37. The molecule has 0 aromatic heterocycles. The van der Waals surface area contributed by atoms with Crippen molar-refractivity contribution in [2.75, 3.05) is 26.3 Å². The second kappa shape index (κ2) is 8.52. The van der Waals surface area contributed by atoms with Crippen LogP contribution in [0.2, 0.25) is 0 Å². The molecule has 3 rings (SSSR count). The monoisotopic (exact) mass is 346 g/mol. The first-order chi connectivity index (χ1) is 12.1. The number of nitrogens with one attached hydrogen (secondary N) is 1. The van der Waals surface area contributed by atoms with Gasteiger partial charge in [-0.1, -0.05) is 24.3 Å². The molecule has 1 saturated heterocycles. The zero-order chi connectivity index (χ0) is 17.6. The average molecular weight is 346 g/mol. The Labute approximate surface area is 147 Å². The van der Waals surface area contributed by atoms with Crippen LogP contribution < -0.4 is 5.32 Å². The van der Waals surface area contributed by atoms with E-state index in [4.69, 9.17) is 4.74 Å². The first-order valence-corrected chi connectivity index (χ1v) is 8.68. The summed E-state index contributed by atoms with van der Waals surface area (Å²) in [7, 11) is 0. The molecule has 134 valence electrons. The number of hydrogen-bond acceptors (Lipinski definition) is 3. The molecule has 0 spiro atoms. The van der Waals surface area contributed by atoms with Crippen molar-refractivity contribution in [3.05, 3.63) is 70.8 Å². The van der Waals surface area contributed by atoms with Crippen LogP contribution in [0.25, 0.3) is 0 Å². The Kier molecular flexibility index (Phi) is 6.13. The van der Waals surface area contributed by atoms with E-state index in [1.165, 1.54) is 23.3 Å². The van der Waals surface area contributed by atoms with Crippen LogP contribution in [0.15, 0.2) is 42.5 Å². The zero-order valence-corrected chi connectivity index (χ0v) is 14.5. The molecule has 1 aliphatic rings. The summed E-state index contributed by atoms with van der Waals surface area (Å²) in [6.45, 7) is 6.91. The molecule has 2 aromatic rings. The molecule has 1 atom stereocenters. The normalized spacial score (nSPS) is 16.8. The summed E-state index contributed by atoms with van der Waals surface area (Å²) in [6.07, 6.45) is 0. The van der Waals surface area contributed by atoms with E-state index in [-0.39, 0.29) is 6.04 Å². The minimum absolute atomic E-state index is 0.137. The van der Waals surface area contributed by atoms with Crippen molar-refractivity contribution < 1.29 is 13.5 Å². The molecule has 25 heavy (non-hydrogen) atoms. The lowest BCUT2D eigenvalue weighted by Crippen LogP contribution is -2.36. The van der Waals surface area contributed by atoms with Crippen molar-refractivity contribution in [3.63, 3.8) is 0 Å². The molecule has 0 aliphatic carbocycles. The molecule has 0 amide bonds. The first kappa shape index (κ1) is 18.0. The van der Waals surface area contributed by atoms with Gasteiger partial charge in [0.25, 0.3) is 0 Å². The van der Waals surface area contributed by atoms with Gasteiger partial charge < -0.3 is 10.1 Å². The van der Waals surface area contributed by atoms with E-state index in [9.17, 15) is 8.78 Å². The molecule has 5 heteroatoms. The van der Waals surface area contributed by atoms with Gasteiger partial charge in [0.1, 0.15) is 11.6 Å². The maximum Gasteiger partial charge on any atom is 0.126 e. The van der Waals surface area contributed by atoms with E-state index < -0.39 is 11.6 Å². The lowest BCUT2D eigenvalue weighted by Gasteiger charge is -2.27. The number of nitrogens with zero attached hydrogens (tertiary/aromatic N) is 1. The standard InChI is InChI=1S/C20H24F2N2O/c1-15(18-10-19(21)12-20(22)11-18)23-13-16-4-2-3-5-17(16)14-24-6-8-25-9-7-24/h2-5,10-12,15,23H,6-9,13-14H2,1H3/t15-/m1/s1. The Morgan fingerprint density at radius 1 is 1.04 bits per heavy atom. The SMILES string of the molecule is C[C@@H](NCc1ccccc1CN1CCOCC1)c1cc(F)cc(F)c1. The fourth-order valence-corrected chi connectivity index (χ4v) is 3.09. The third-order valence-electron chi connectivity index (χ3n) is 4.60. The largest absolute Gasteiger partial charge is 0.379 e. The molecule has 1 heterocycles. The number of hydrogen-bond donors (Lipinski definition) is 1. The Morgan fingerprint density at radius 2 is 1.68 bits per heavy atom. The third-order valence-corrected chi connectivity index (χ3v) is 4.60. The lowest BCUT2D eigenvalue weighted by molar-refractivity contribution is 0.0340. The molecule has 1 aliphatic heterocycles. The number of benzene rings is 2. The molecule has 0 radical (unpaired) electrons. The van der Waals surface area contributed by atoms with Crippen LogP contribution in [-0.4, -0.2) is 31.2 Å². The minimum atomic E-state index is -0.545. The molecular weight excluding hydrogens is 322 g/mol. The predicted molar refractivity (Wildman–Crippen MR) is 94.2 cm³/mol. The Balaban J connectivity index is 1.64. The van der Waals surface area contributed by atoms with Crippen LogP contribution in [-0.2, 0) is 17.8 Å². The van der Waals surface area contributed by atoms with Gasteiger partial charge in [-0.25, -0.2) is 8.78 Å². The fourth-order valence-electron chi connectivity index (χ4n) is 3.09. The van der Waals surface area contributed by atoms with Gasteiger partial charge in [0.05, 0.1) is 13.2 Å². The van der Waals surface area contributed by atoms with Gasteiger partial charge >= 0.3 is 0 Å². The van der Waals surface area contributed by atoms with Gasteiger partial charge in [-0.2, -0.15) is 0 Å². The van der Waals surface area contributed by atoms with E-state index in [1.54, 1.807) is 0 Å². The Hall–Kier alpha value is -1.82. The Morgan fingerprint density at radius 3 is 2.36 bits per heavy atom. The second-order valence-electron chi connectivity index (χ2n) is 6.46. The number of ether oxygens (including phenoxy) is 1. The number of morpholine rings is 1. The highest BCUT2D eigenvalue weighted by Crippen LogP contribution is 2.18. The summed E-state index contributed by atoms with van der Waals surface area (Å²) in [6, 6.07) is 11.8. The van der Waals surface area contributed by atoms with Crippen molar-refractivity contribution in [3.8, 4) is 0 Å². The highest BCUT2D eigenvalue weighted by molar-refractivity contribution is 5.28. The zero-order valence-electron chi connectivity index (χ0n) is 14.5. The molecule has 3 nitrogen and oxygen atoms in total. The maximum atomic E-state index is 13.4. The first-order valence-electron chi connectivity index (χ1n) is 8.68. The summed E-state index contributed by atoms with van der Waals surface area (Å²) in [5.41, 5.74) is 3.09. The van der Waals surface area contributed by atoms with Crippen LogP contribution in [0.5, 0.6) is 0 Å². The molecule has 0 saturated carbocycles. The van der Waals surface area contributed by atoms with Crippen LogP contribution in [0, 0.1) is 11.6 Å². The Bertz CT molecular complexity index is 682. The predicted octanol–water partition coefficient (Wildman–Crippen LogP) is 3.65. The van der Waals surface area contributed by atoms with E-state index in [0.717, 1.165) is 38.9 Å². The second-order valence-corrected chi connectivity index (χ2v) is 6.46. The van der Waals surface area contributed by atoms with Gasteiger partial charge in [-0.3, -0.25) is 4.90 Å². The van der Waals surface area contributed by atoms with E-state index in [0.29, 0.717) is 12.1 Å². The smallest absolute Gasteiger partial charge is 0.126 e. The molecule has 1 N–H and O–H groups in total. The van der Waals surface area contributed by atoms with Crippen molar-refractivity contribution in [2.24, 2.45) is 0 Å². The quantitative estimate of drug-likeness (QED) is 0.864. The van der Waals surface area contributed by atoms with Crippen LogP contribution in [0.3, 0.4) is 0 Å². The van der Waals surface area contributed by atoms with Crippen molar-refractivity contribution in [1.29, 1.82) is 0 Å². The highest BCUT2D eigenvalue weighted by atomic mass is 19.1. The summed E-state index contributed by atoms with van der Waals surface area (Å²) < 4.78 is 32.2. The number of rotatable bonds is 6. The van der Waals surface area contributed by atoms with Gasteiger partial charge in [0.15, 0.2) is 0 Å². The van der Waals surface area contributed by atoms with Crippen molar-refractivity contribution in [1.82, 2.24) is 10.2 Å². The molecule has 0 bridgehead atoms. The van der Waals surface area contributed by atoms with Crippen LogP contribution >= 0.6 is 0 Å². The molecular formula is C20H24F2N2O. The van der Waals surface area contributed by atoms with Gasteiger partial charge in [0, 0.05) is 38.3 Å². The molecule has 1 fully saturated rings. The van der Waals surface area contributed by atoms with E-state index in [1.807, 2.05) is 19.1 Å². The molecule has 2 aromatic carbocycles. The van der Waals surface area contributed by atoms with Crippen molar-refractivity contribution in [2.45, 2.75) is 26.1 Å². The van der Waals surface area contributed by atoms with Gasteiger partial charge in [-0.05, 0) is 35.7 Å². The maximum absolute atomic E-state index is 13.4. The molecule has 0 unspecified atom stereocenters. The lowest BCUT2D eigenvalue weighted by atomic mass is 10.0. The fraction of sp³-hybridized carbons (Fsp3) is 0.400. The minimum Gasteiger partial charge on any atom is -0.379 e. The summed E-state index contributed by atoms with van der Waals surface area (Å²) >= 11 is 0. The van der Waals surface area contributed by atoms with E-state index >= 15 is 0 Å². The van der Waals surface area contributed by atoms with Crippen molar-refractivity contribution >= 4 is 0 Å². The van der Waals surface area contributed by atoms with Crippen LogP contribution in [0.1, 0.15) is 29.7 Å².